The van der Waals surface area contributed by atoms with E-state index in [0.717, 1.165) is 36.9 Å². The maximum absolute atomic E-state index is 12.6. The lowest BCUT2D eigenvalue weighted by atomic mass is 9.82. The molecule has 7 heteroatoms. The molecule has 2 aromatic carbocycles. The van der Waals surface area contributed by atoms with E-state index in [1.807, 2.05) is 54.6 Å². The minimum Gasteiger partial charge on any atom is -0.550 e. The van der Waals surface area contributed by atoms with Crippen LogP contribution in [0.3, 0.4) is 0 Å². The van der Waals surface area contributed by atoms with Gasteiger partial charge < -0.3 is 25.0 Å². The zero-order chi connectivity index (χ0) is 21.8. The van der Waals surface area contributed by atoms with Crippen LogP contribution in [0, 0.1) is 11.8 Å². The lowest BCUT2D eigenvalue weighted by molar-refractivity contribution is -0.313. The van der Waals surface area contributed by atoms with Crippen LogP contribution in [0.5, 0.6) is 0 Å². The van der Waals surface area contributed by atoms with Crippen molar-refractivity contribution in [3.63, 3.8) is 0 Å². The van der Waals surface area contributed by atoms with Gasteiger partial charge >= 0.3 is 0 Å². The Morgan fingerprint density at radius 2 is 1.29 bits per heavy atom. The highest BCUT2D eigenvalue weighted by Crippen LogP contribution is 2.28. The van der Waals surface area contributed by atoms with Crippen molar-refractivity contribution in [3.8, 4) is 0 Å². The number of anilines is 3. The molecule has 1 saturated heterocycles. The molecule has 1 N–H and O–H groups in total. The molecule has 1 fully saturated rings. The maximum atomic E-state index is 12.6. The lowest BCUT2D eigenvalue weighted by Gasteiger charge is -2.37. The van der Waals surface area contributed by atoms with Crippen LogP contribution < -0.4 is 20.2 Å². The molecule has 0 radical (unpaired) electrons. The molecule has 162 valence electrons. The molecule has 2 aliphatic rings. The van der Waals surface area contributed by atoms with Crippen LogP contribution in [0.1, 0.15) is 12.8 Å². The van der Waals surface area contributed by atoms with Crippen molar-refractivity contribution in [1.82, 2.24) is 0 Å². The van der Waals surface area contributed by atoms with E-state index < -0.39 is 17.8 Å². The fourth-order valence-electron chi connectivity index (χ4n) is 4.23. The van der Waals surface area contributed by atoms with Crippen molar-refractivity contribution in [1.29, 1.82) is 0 Å². The molecule has 2 aromatic rings. The summed E-state index contributed by atoms with van der Waals surface area (Å²) < 4.78 is 0. The summed E-state index contributed by atoms with van der Waals surface area (Å²) in [7, 11) is 0. The minimum absolute atomic E-state index is 0.275. The fraction of sp³-hybridized carbons (Fsp3) is 0.333. The molecule has 1 amide bonds. The molecule has 0 aromatic heterocycles. The highest BCUT2D eigenvalue weighted by atomic mass is 35.5. The molecule has 1 aliphatic carbocycles. The summed E-state index contributed by atoms with van der Waals surface area (Å²) >= 11 is 5.98. The first kappa shape index (κ1) is 21.2. The van der Waals surface area contributed by atoms with E-state index in [-0.39, 0.29) is 5.91 Å². The number of carbonyl (C=O) groups is 2. The van der Waals surface area contributed by atoms with Crippen LogP contribution in [0.25, 0.3) is 0 Å². The first-order valence-corrected chi connectivity index (χ1v) is 10.9. The quantitative estimate of drug-likeness (QED) is 0.726. The first-order valence-electron chi connectivity index (χ1n) is 10.5. The van der Waals surface area contributed by atoms with Crippen molar-refractivity contribution in [2.45, 2.75) is 12.8 Å². The second kappa shape index (κ2) is 9.43. The third kappa shape index (κ3) is 5.02. The van der Waals surface area contributed by atoms with E-state index in [1.54, 1.807) is 6.08 Å². The largest absolute Gasteiger partial charge is 0.550 e. The van der Waals surface area contributed by atoms with Gasteiger partial charge in [0.15, 0.2) is 0 Å². The monoisotopic (exact) mass is 438 g/mol. The predicted octanol–water partition coefficient (Wildman–Crippen LogP) is 2.94. The summed E-state index contributed by atoms with van der Waals surface area (Å²) in [5.41, 5.74) is 2.94. The number of halogens is 1. The van der Waals surface area contributed by atoms with Crippen LogP contribution in [0.15, 0.2) is 60.7 Å². The smallest absolute Gasteiger partial charge is 0.228 e. The van der Waals surface area contributed by atoms with E-state index >= 15 is 0 Å². The molecule has 1 aliphatic heterocycles. The first-order chi connectivity index (χ1) is 15.0. The standard InChI is InChI=1S/C24H26ClN3O3/c25-17-5-9-19(10-6-17)27-13-15-28(16-14-27)20-11-7-18(8-12-20)26-23(29)21-3-1-2-4-22(21)24(30)31/h1-2,5-12,21-22H,3-4,13-16H2,(H,26,29)(H,30,31)/p-1/t21-,22+/m0/s1. The Bertz CT molecular complexity index is 951. The molecule has 0 unspecified atom stereocenters. The number of rotatable bonds is 5. The molecule has 0 spiro atoms. The zero-order valence-corrected chi connectivity index (χ0v) is 17.9. The molecule has 1 heterocycles. The summed E-state index contributed by atoms with van der Waals surface area (Å²) in [6, 6.07) is 15.6. The number of benzene rings is 2. The highest BCUT2D eigenvalue weighted by Gasteiger charge is 2.29. The second-order valence-electron chi connectivity index (χ2n) is 7.96. The molecule has 2 atom stereocenters. The molecule has 6 nitrogen and oxygen atoms in total. The van der Waals surface area contributed by atoms with Crippen LogP contribution in [-0.2, 0) is 9.59 Å². The predicted molar refractivity (Wildman–Crippen MR) is 121 cm³/mol. The van der Waals surface area contributed by atoms with Gasteiger partial charge in [-0.1, -0.05) is 23.8 Å². The number of piperazine rings is 1. The van der Waals surface area contributed by atoms with E-state index in [0.29, 0.717) is 18.5 Å². The minimum atomic E-state index is -1.17. The Kier molecular flexibility index (Phi) is 6.47. The molecular formula is C24H25ClN3O3-. The Balaban J connectivity index is 1.33. The van der Waals surface area contributed by atoms with E-state index in [1.165, 1.54) is 5.69 Å². The number of amides is 1. The Labute approximate surface area is 187 Å². The highest BCUT2D eigenvalue weighted by molar-refractivity contribution is 6.30. The molecule has 0 saturated carbocycles. The van der Waals surface area contributed by atoms with Crippen molar-refractivity contribution in [2.75, 3.05) is 41.3 Å². The number of carboxylic acids is 1. The SMILES string of the molecule is O=C(Nc1ccc(N2CCN(c3ccc(Cl)cc3)CC2)cc1)[C@H]1CC=CC[C@H]1C(=O)[O-]. The van der Waals surface area contributed by atoms with Gasteiger partial charge in [0.05, 0.1) is 5.92 Å². The summed E-state index contributed by atoms with van der Waals surface area (Å²) in [5.74, 6) is -2.82. The van der Waals surface area contributed by atoms with Crippen molar-refractivity contribution >= 4 is 40.5 Å². The van der Waals surface area contributed by atoms with Gasteiger partial charge in [-0.3, -0.25) is 4.79 Å². The maximum Gasteiger partial charge on any atom is 0.228 e. The second-order valence-corrected chi connectivity index (χ2v) is 8.40. The van der Waals surface area contributed by atoms with Gasteiger partial charge in [0.25, 0.3) is 0 Å². The van der Waals surface area contributed by atoms with Crippen molar-refractivity contribution < 1.29 is 14.7 Å². The number of nitrogens with one attached hydrogen (secondary N) is 1. The van der Waals surface area contributed by atoms with E-state index in [9.17, 15) is 14.7 Å². The molecular weight excluding hydrogens is 414 g/mol. The Morgan fingerprint density at radius 3 is 1.81 bits per heavy atom. The number of aliphatic carboxylic acids is 1. The number of allylic oxidation sites excluding steroid dienone is 2. The number of nitrogens with zero attached hydrogens (tertiary/aromatic N) is 2. The zero-order valence-electron chi connectivity index (χ0n) is 17.2. The van der Waals surface area contributed by atoms with Crippen molar-refractivity contribution in [2.24, 2.45) is 11.8 Å². The Hall–Kier alpha value is -2.99. The van der Waals surface area contributed by atoms with Gasteiger partial charge in [0, 0.05) is 60.2 Å². The van der Waals surface area contributed by atoms with E-state index in [2.05, 4.69) is 15.1 Å². The van der Waals surface area contributed by atoms with Crippen LogP contribution in [0.2, 0.25) is 5.02 Å². The molecule has 0 bridgehead atoms. The van der Waals surface area contributed by atoms with Crippen LogP contribution in [0.4, 0.5) is 17.1 Å². The fourth-order valence-corrected chi connectivity index (χ4v) is 4.36. The number of carbonyl (C=O) groups excluding carboxylic acids is 2. The van der Waals surface area contributed by atoms with Gasteiger partial charge in [-0.15, -0.1) is 0 Å². The molecule has 31 heavy (non-hydrogen) atoms. The number of hydrogen-bond donors (Lipinski definition) is 1. The summed E-state index contributed by atoms with van der Waals surface area (Å²) in [6.45, 7) is 3.63. The van der Waals surface area contributed by atoms with Crippen LogP contribution in [-0.4, -0.2) is 38.1 Å². The van der Waals surface area contributed by atoms with Gasteiger partial charge in [0.1, 0.15) is 0 Å². The lowest BCUT2D eigenvalue weighted by Crippen LogP contribution is -2.46. The third-order valence-electron chi connectivity index (χ3n) is 6.04. The topological polar surface area (TPSA) is 75.7 Å². The van der Waals surface area contributed by atoms with Gasteiger partial charge in [-0.05, 0) is 61.4 Å². The number of carboxylic acid groups (broad SMARTS) is 1. The summed E-state index contributed by atoms with van der Waals surface area (Å²) in [5, 5.41) is 14.9. The average Bonchev–Trinajstić information content (AvgIpc) is 2.80. The molecule has 4 rings (SSSR count). The van der Waals surface area contributed by atoms with Gasteiger partial charge in [-0.25, -0.2) is 0 Å². The Morgan fingerprint density at radius 1 is 0.806 bits per heavy atom. The summed E-state index contributed by atoms with van der Waals surface area (Å²) in [6.07, 6.45) is 4.41. The van der Waals surface area contributed by atoms with E-state index in [4.69, 9.17) is 11.6 Å². The normalized spacial score (nSPS) is 21.1. The average molecular weight is 439 g/mol. The number of hydrogen-bond acceptors (Lipinski definition) is 5. The van der Waals surface area contributed by atoms with Crippen LogP contribution >= 0.6 is 11.6 Å². The van der Waals surface area contributed by atoms with Crippen molar-refractivity contribution in [3.05, 3.63) is 65.7 Å². The third-order valence-corrected chi connectivity index (χ3v) is 6.30. The summed E-state index contributed by atoms with van der Waals surface area (Å²) in [4.78, 5) is 28.6. The van der Waals surface area contributed by atoms with Gasteiger partial charge in [-0.2, -0.15) is 0 Å². The van der Waals surface area contributed by atoms with Gasteiger partial charge in [0.2, 0.25) is 5.91 Å².